The van der Waals surface area contributed by atoms with Gasteiger partial charge in [-0.25, -0.2) is 19.3 Å². The molecule has 1 aromatic carbocycles. The highest BCUT2D eigenvalue weighted by Gasteiger charge is 2.22. The Labute approximate surface area is 182 Å². The van der Waals surface area contributed by atoms with E-state index in [-0.39, 0.29) is 5.69 Å². The Morgan fingerprint density at radius 3 is 2.59 bits per heavy atom. The SMILES string of the molecule is CN1CCN(c2cccc3[nH]c(-c4n[nH]c5cnc(-c6cncnc6)c(F)c45)nc23)CC1. The number of pyridine rings is 1. The van der Waals surface area contributed by atoms with Gasteiger partial charge in [-0.2, -0.15) is 5.10 Å². The van der Waals surface area contributed by atoms with Crippen LogP contribution < -0.4 is 4.90 Å². The summed E-state index contributed by atoms with van der Waals surface area (Å²) in [6.45, 7) is 3.88. The van der Waals surface area contributed by atoms with Crippen molar-refractivity contribution in [2.45, 2.75) is 0 Å². The van der Waals surface area contributed by atoms with Crippen LogP contribution in [0.3, 0.4) is 0 Å². The van der Waals surface area contributed by atoms with E-state index in [1.807, 2.05) is 12.1 Å². The summed E-state index contributed by atoms with van der Waals surface area (Å²) in [5.41, 5.74) is 4.41. The molecule has 1 aliphatic rings. The molecule has 160 valence electrons. The lowest BCUT2D eigenvalue weighted by molar-refractivity contribution is 0.313. The first-order chi connectivity index (χ1) is 15.7. The zero-order valence-corrected chi connectivity index (χ0v) is 17.4. The number of aromatic nitrogens is 7. The number of H-pyrrole nitrogens is 2. The smallest absolute Gasteiger partial charge is 0.161 e. The third-order valence-corrected chi connectivity index (χ3v) is 5.94. The molecule has 1 fully saturated rings. The van der Waals surface area contributed by atoms with E-state index in [0.29, 0.717) is 28.0 Å². The van der Waals surface area contributed by atoms with Crippen LogP contribution >= 0.6 is 0 Å². The molecule has 0 bridgehead atoms. The third kappa shape index (κ3) is 2.99. The van der Waals surface area contributed by atoms with Crippen LogP contribution in [0.15, 0.2) is 43.1 Å². The Morgan fingerprint density at radius 2 is 1.78 bits per heavy atom. The minimum Gasteiger partial charge on any atom is -0.367 e. The topological polar surface area (TPSA) is 103 Å². The standard InChI is InChI=1S/C22H20FN9/c1-31-5-7-32(8-6-31)16-4-2-3-14-20(16)28-22(27-14)21-17-15(29-30-21)11-26-19(18(17)23)13-9-24-12-25-10-13/h2-4,9-12H,5-8H2,1H3,(H,27,28)(H,29,30). The molecule has 32 heavy (non-hydrogen) atoms. The highest BCUT2D eigenvalue weighted by Crippen LogP contribution is 2.34. The molecule has 6 rings (SSSR count). The summed E-state index contributed by atoms with van der Waals surface area (Å²) < 4.78 is 15.6. The number of anilines is 1. The average molecular weight is 429 g/mol. The Kier molecular flexibility index (Phi) is 4.32. The number of aromatic amines is 2. The second kappa shape index (κ2) is 7.34. The van der Waals surface area contributed by atoms with Gasteiger partial charge in [0.05, 0.1) is 28.3 Å². The minimum atomic E-state index is -0.485. The van der Waals surface area contributed by atoms with Crippen molar-refractivity contribution in [3.8, 4) is 22.8 Å². The normalized spacial score (nSPS) is 15.1. The third-order valence-electron chi connectivity index (χ3n) is 5.94. The van der Waals surface area contributed by atoms with E-state index in [1.54, 1.807) is 6.20 Å². The summed E-state index contributed by atoms with van der Waals surface area (Å²) in [6.07, 6.45) is 6.03. The van der Waals surface area contributed by atoms with Gasteiger partial charge in [0.1, 0.15) is 23.2 Å². The van der Waals surface area contributed by atoms with Crippen molar-refractivity contribution in [3.05, 3.63) is 48.9 Å². The van der Waals surface area contributed by atoms with Gasteiger partial charge in [-0.15, -0.1) is 0 Å². The molecule has 5 aromatic rings. The molecule has 2 N–H and O–H groups in total. The maximum Gasteiger partial charge on any atom is 0.161 e. The molecule has 0 amide bonds. The fourth-order valence-corrected chi connectivity index (χ4v) is 4.20. The fraction of sp³-hybridized carbons (Fsp3) is 0.227. The number of halogens is 1. The van der Waals surface area contributed by atoms with Crippen LogP contribution in [0.1, 0.15) is 0 Å². The second-order valence-electron chi connectivity index (χ2n) is 7.96. The lowest BCUT2D eigenvalue weighted by atomic mass is 10.1. The molecule has 1 aliphatic heterocycles. The van der Waals surface area contributed by atoms with Crippen LogP contribution in [0.4, 0.5) is 10.1 Å². The van der Waals surface area contributed by atoms with Gasteiger partial charge in [0.2, 0.25) is 0 Å². The van der Waals surface area contributed by atoms with E-state index in [2.05, 4.69) is 53.0 Å². The second-order valence-corrected chi connectivity index (χ2v) is 7.96. The Balaban J connectivity index is 1.48. The summed E-state index contributed by atoms with van der Waals surface area (Å²) in [4.78, 5) is 25.0. The van der Waals surface area contributed by atoms with Crippen LogP contribution in [-0.4, -0.2) is 73.2 Å². The maximum atomic E-state index is 15.6. The average Bonchev–Trinajstić information content (AvgIpc) is 3.45. The molecule has 4 aromatic heterocycles. The lowest BCUT2D eigenvalue weighted by Gasteiger charge is -2.34. The van der Waals surface area contributed by atoms with Crippen molar-refractivity contribution in [2.24, 2.45) is 0 Å². The molecule has 0 aliphatic carbocycles. The van der Waals surface area contributed by atoms with Crippen molar-refractivity contribution in [1.82, 2.24) is 40.0 Å². The summed E-state index contributed by atoms with van der Waals surface area (Å²) in [5.74, 6) is 0.0222. The van der Waals surface area contributed by atoms with Crippen LogP contribution in [0.5, 0.6) is 0 Å². The van der Waals surface area contributed by atoms with Crippen molar-refractivity contribution in [2.75, 3.05) is 38.1 Å². The molecule has 5 heterocycles. The Bertz CT molecular complexity index is 1420. The first kappa shape index (κ1) is 18.8. The highest BCUT2D eigenvalue weighted by molar-refractivity contribution is 5.97. The molecule has 9 nitrogen and oxygen atoms in total. The quantitative estimate of drug-likeness (QED) is 0.455. The number of rotatable bonds is 3. The summed E-state index contributed by atoms with van der Waals surface area (Å²) in [7, 11) is 2.13. The van der Waals surface area contributed by atoms with E-state index in [1.165, 1.54) is 18.7 Å². The maximum absolute atomic E-state index is 15.6. The minimum absolute atomic E-state index is 0.176. The number of hydrogen-bond donors (Lipinski definition) is 2. The van der Waals surface area contributed by atoms with Crippen LogP contribution in [0, 0.1) is 5.82 Å². The molecule has 0 atom stereocenters. The fourth-order valence-electron chi connectivity index (χ4n) is 4.20. The van der Waals surface area contributed by atoms with E-state index in [4.69, 9.17) is 4.98 Å². The van der Waals surface area contributed by atoms with Crippen LogP contribution in [0.2, 0.25) is 0 Å². The number of para-hydroxylation sites is 1. The number of nitrogens with zero attached hydrogens (tertiary/aromatic N) is 7. The molecule has 0 unspecified atom stereocenters. The lowest BCUT2D eigenvalue weighted by Crippen LogP contribution is -2.44. The number of hydrogen-bond acceptors (Lipinski definition) is 7. The van der Waals surface area contributed by atoms with Crippen molar-refractivity contribution in [3.63, 3.8) is 0 Å². The van der Waals surface area contributed by atoms with Gasteiger partial charge >= 0.3 is 0 Å². The highest BCUT2D eigenvalue weighted by atomic mass is 19.1. The molecule has 0 saturated carbocycles. The van der Waals surface area contributed by atoms with Gasteiger partial charge in [0.25, 0.3) is 0 Å². The molecule has 1 saturated heterocycles. The number of piperazine rings is 1. The van der Waals surface area contributed by atoms with Gasteiger partial charge in [-0.3, -0.25) is 10.1 Å². The van der Waals surface area contributed by atoms with Crippen molar-refractivity contribution >= 4 is 27.6 Å². The summed E-state index contributed by atoms with van der Waals surface area (Å²) in [6, 6.07) is 6.07. The van der Waals surface area contributed by atoms with Gasteiger partial charge in [0.15, 0.2) is 11.6 Å². The molecule has 0 spiro atoms. The van der Waals surface area contributed by atoms with Gasteiger partial charge in [-0.1, -0.05) is 6.07 Å². The van der Waals surface area contributed by atoms with Gasteiger partial charge in [-0.05, 0) is 19.2 Å². The van der Waals surface area contributed by atoms with E-state index in [0.717, 1.165) is 42.9 Å². The first-order valence-electron chi connectivity index (χ1n) is 10.4. The summed E-state index contributed by atoms with van der Waals surface area (Å²) >= 11 is 0. The zero-order chi connectivity index (χ0) is 21.7. The Hall–Kier alpha value is -3.92. The van der Waals surface area contributed by atoms with Gasteiger partial charge < -0.3 is 14.8 Å². The van der Waals surface area contributed by atoms with E-state index < -0.39 is 5.82 Å². The number of fused-ring (bicyclic) bond motifs is 2. The molecular weight excluding hydrogens is 409 g/mol. The van der Waals surface area contributed by atoms with Gasteiger partial charge in [0, 0.05) is 44.1 Å². The van der Waals surface area contributed by atoms with Crippen LogP contribution in [-0.2, 0) is 0 Å². The molecular formula is C22H20FN9. The van der Waals surface area contributed by atoms with E-state index in [9.17, 15) is 0 Å². The summed E-state index contributed by atoms with van der Waals surface area (Å²) in [5, 5.41) is 7.56. The van der Waals surface area contributed by atoms with E-state index >= 15 is 4.39 Å². The Morgan fingerprint density at radius 1 is 0.969 bits per heavy atom. The van der Waals surface area contributed by atoms with Crippen molar-refractivity contribution in [1.29, 1.82) is 0 Å². The number of nitrogens with one attached hydrogen (secondary N) is 2. The van der Waals surface area contributed by atoms with Crippen molar-refractivity contribution < 1.29 is 4.39 Å². The first-order valence-corrected chi connectivity index (χ1v) is 10.4. The number of likely N-dealkylation sites (N-methyl/N-ethyl adjacent to an activating group) is 1. The largest absolute Gasteiger partial charge is 0.367 e. The zero-order valence-electron chi connectivity index (χ0n) is 17.4. The number of benzene rings is 1. The predicted molar refractivity (Wildman–Crippen MR) is 120 cm³/mol. The molecule has 10 heteroatoms. The number of imidazole rings is 1. The predicted octanol–water partition coefficient (Wildman–Crippen LogP) is 2.85. The molecule has 0 radical (unpaired) electrons. The van der Waals surface area contributed by atoms with Crippen LogP contribution in [0.25, 0.3) is 44.7 Å². The monoisotopic (exact) mass is 429 g/mol.